The maximum Gasteiger partial charge on any atom is 0.178 e. The van der Waals surface area contributed by atoms with E-state index in [1.54, 1.807) is 0 Å². The van der Waals surface area contributed by atoms with Crippen LogP contribution in [0.2, 0.25) is 0 Å². The zero-order valence-electron chi connectivity index (χ0n) is 12.5. The Hall–Kier alpha value is -1.57. The number of rotatable bonds is 2. The Bertz CT molecular complexity index is 539. The minimum absolute atomic E-state index is 0.346. The predicted molar refractivity (Wildman–Crippen MR) is 83.2 cm³/mol. The van der Waals surface area contributed by atoms with Crippen molar-refractivity contribution in [2.24, 2.45) is 0 Å². The number of hydrogen-bond acceptors (Lipinski definition) is 2. The number of Topliss-reactive ketones (excluding diaryl/α,β-unsaturated/α-hetero) is 1. The van der Waals surface area contributed by atoms with Crippen LogP contribution in [-0.2, 0) is 4.79 Å². The Labute approximate surface area is 121 Å². The largest absolute Gasteiger partial charge is 0.360 e. The fourth-order valence-electron chi connectivity index (χ4n) is 3.29. The second-order valence-corrected chi connectivity index (χ2v) is 6.31. The molecule has 3 rings (SSSR count). The van der Waals surface area contributed by atoms with Crippen molar-refractivity contribution in [2.45, 2.75) is 45.4 Å². The van der Waals surface area contributed by atoms with Crippen molar-refractivity contribution in [2.75, 3.05) is 18.0 Å². The van der Waals surface area contributed by atoms with Gasteiger partial charge in [0.25, 0.3) is 0 Å². The van der Waals surface area contributed by atoms with Crippen molar-refractivity contribution in [1.29, 1.82) is 0 Å². The van der Waals surface area contributed by atoms with Gasteiger partial charge in [-0.1, -0.05) is 26.0 Å². The van der Waals surface area contributed by atoms with Gasteiger partial charge in [-0.2, -0.15) is 0 Å². The van der Waals surface area contributed by atoms with Crippen molar-refractivity contribution in [1.82, 2.24) is 0 Å². The van der Waals surface area contributed by atoms with Gasteiger partial charge >= 0.3 is 0 Å². The van der Waals surface area contributed by atoms with Crippen molar-refractivity contribution in [3.05, 3.63) is 41.0 Å². The van der Waals surface area contributed by atoms with E-state index in [9.17, 15) is 4.79 Å². The first kappa shape index (κ1) is 13.4. The van der Waals surface area contributed by atoms with E-state index >= 15 is 0 Å². The summed E-state index contributed by atoms with van der Waals surface area (Å²) in [4.78, 5) is 14.5. The molecule has 0 fully saturated rings. The number of carbonyl (C=O) groups is 1. The van der Waals surface area contributed by atoms with Gasteiger partial charge < -0.3 is 4.90 Å². The molecule has 106 valence electrons. The summed E-state index contributed by atoms with van der Waals surface area (Å²) in [5.74, 6) is 0.901. The highest BCUT2D eigenvalue weighted by atomic mass is 16.1. The second-order valence-electron chi connectivity index (χ2n) is 6.31. The molecule has 1 aliphatic heterocycles. The van der Waals surface area contributed by atoms with Crippen LogP contribution in [0.5, 0.6) is 0 Å². The highest BCUT2D eigenvalue weighted by Gasteiger charge is 2.27. The molecule has 1 aromatic carbocycles. The topological polar surface area (TPSA) is 20.3 Å². The molecule has 0 atom stereocenters. The molecule has 20 heavy (non-hydrogen) atoms. The van der Waals surface area contributed by atoms with Crippen LogP contribution in [0.4, 0.5) is 5.69 Å². The number of ketones is 1. The molecule has 1 heterocycles. The third kappa shape index (κ3) is 2.52. The highest BCUT2D eigenvalue weighted by Crippen LogP contribution is 2.31. The van der Waals surface area contributed by atoms with Crippen LogP contribution in [0.15, 0.2) is 35.4 Å². The van der Waals surface area contributed by atoms with E-state index < -0.39 is 0 Å². The molecule has 0 radical (unpaired) electrons. The van der Waals surface area contributed by atoms with Gasteiger partial charge in [0, 0.05) is 12.2 Å². The summed E-state index contributed by atoms with van der Waals surface area (Å²) in [6.07, 6.45) is 4.55. The third-order valence-electron chi connectivity index (χ3n) is 4.56. The SMILES string of the molecule is CC(C)c1ccc(N2CC(=O)C3=C(CCCC3)C2)cc1. The van der Waals surface area contributed by atoms with Gasteiger partial charge in [0.1, 0.15) is 0 Å². The normalized spacial score (nSPS) is 19.6. The zero-order chi connectivity index (χ0) is 14.1. The second kappa shape index (κ2) is 5.43. The van der Waals surface area contributed by atoms with Crippen LogP contribution in [-0.4, -0.2) is 18.9 Å². The lowest BCUT2D eigenvalue weighted by Crippen LogP contribution is -2.38. The standard InChI is InChI=1S/C18H23NO/c1-13(2)14-7-9-16(10-8-14)19-11-15-5-3-4-6-17(15)18(20)12-19/h7-10,13H,3-6,11-12H2,1-2H3. The number of anilines is 1. The van der Waals surface area contributed by atoms with Crippen LogP contribution < -0.4 is 4.90 Å². The Morgan fingerprint density at radius 3 is 2.40 bits per heavy atom. The summed E-state index contributed by atoms with van der Waals surface area (Å²) in [6, 6.07) is 8.71. The number of nitrogens with zero attached hydrogens (tertiary/aromatic N) is 1. The van der Waals surface area contributed by atoms with Crippen LogP contribution in [0.25, 0.3) is 0 Å². The monoisotopic (exact) mass is 269 g/mol. The lowest BCUT2D eigenvalue weighted by molar-refractivity contribution is -0.114. The summed E-state index contributed by atoms with van der Waals surface area (Å²) in [6.45, 7) is 5.92. The van der Waals surface area contributed by atoms with E-state index in [4.69, 9.17) is 0 Å². The molecule has 2 aliphatic rings. The Balaban J connectivity index is 1.82. The van der Waals surface area contributed by atoms with Gasteiger partial charge in [0.15, 0.2) is 5.78 Å². The van der Waals surface area contributed by atoms with Crippen LogP contribution in [0.1, 0.15) is 51.0 Å². The Morgan fingerprint density at radius 2 is 1.70 bits per heavy atom. The summed E-state index contributed by atoms with van der Waals surface area (Å²) < 4.78 is 0. The minimum atomic E-state index is 0.346. The first-order valence-electron chi connectivity index (χ1n) is 7.74. The van der Waals surface area contributed by atoms with E-state index in [1.807, 2.05) is 0 Å². The number of hydrogen-bond donors (Lipinski definition) is 0. The number of carbonyl (C=O) groups excluding carboxylic acids is 1. The highest BCUT2D eigenvalue weighted by molar-refractivity contribution is 6.01. The molecule has 0 spiro atoms. The van der Waals surface area contributed by atoms with E-state index in [0.717, 1.165) is 25.0 Å². The molecule has 2 heteroatoms. The Morgan fingerprint density at radius 1 is 1.00 bits per heavy atom. The molecule has 0 saturated carbocycles. The van der Waals surface area contributed by atoms with Crippen LogP contribution in [0.3, 0.4) is 0 Å². The van der Waals surface area contributed by atoms with Gasteiger partial charge in [0.2, 0.25) is 0 Å². The first-order valence-corrected chi connectivity index (χ1v) is 7.74. The van der Waals surface area contributed by atoms with Crippen molar-refractivity contribution < 1.29 is 4.79 Å². The smallest absolute Gasteiger partial charge is 0.178 e. The third-order valence-corrected chi connectivity index (χ3v) is 4.56. The minimum Gasteiger partial charge on any atom is -0.360 e. The van der Waals surface area contributed by atoms with Gasteiger partial charge in [0.05, 0.1) is 6.54 Å². The van der Waals surface area contributed by atoms with Gasteiger partial charge in [-0.05, 0) is 60.4 Å². The molecule has 0 N–H and O–H groups in total. The number of benzene rings is 1. The quantitative estimate of drug-likeness (QED) is 0.806. The predicted octanol–water partition coefficient (Wildman–Crippen LogP) is 4.07. The average Bonchev–Trinajstić information content (AvgIpc) is 2.47. The van der Waals surface area contributed by atoms with E-state index in [0.29, 0.717) is 18.2 Å². The fraction of sp³-hybridized carbons (Fsp3) is 0.500. The van der Waals surface area contributed by atoms with Gasteiger partial charge in [-0.3, -0.25) is 4.79 Å². The molecule has 2 nitrogen and oxygen atoms in total. The summed E-state index contributed by atoms with van der Waals surface area (Å²) in [7, 11) is 0. The molecular weight excluding hydrogens is 246 g/mol. The van der Waals surface area contributed by atoms with E-state index in [1.165, 1.54) is 29.7 Å². The first-order chi connectivity index (χ1) is 9.65. The zero-order valence-corrected chi connectivity index (χ0v) is 12.5. The molecule has 0 aromatic heterocycles. The lowest BCUT2D eigenvalue weighted by Gasteiger charge is -2.33. The maximum atomic E-state index is 12.3. The molecular formula is C18H23NO. The van der Waals surface area contributed by atoms with Crippen LogP contribution in [0, 0.1) is 0 Å². The average molecular weight is 269 g/mol. The maximum absolute atomic E-state index is 12.3. The fourth-order valence-corrected chi connectivity index (χ4v) is 3.29. The van der Waals surface area contributed by atoms with Crippen molar-refractivity contribution in [3.8, 4) is 0 Å². The van der Waals surface area contributed by atoms with Crippen molar-refractivity contribution >= 4 is 11.5 Å². The summed E-state index contributed by atoms with van der Waals surface area (Å²) >= 11 is 0. The molecule has 1 aromatic rings. The van der Waals surface area contributed by atoms with Crippen molar-refractivity contribution in [3.63, 3.8) is 0 Å². The summed E-state index contributed by atoms with van der Waals surface area (Å²) in [5, 5.41) is 0. The molecule has 0 bridgehead atoms. The van der Waals surface area contributed by atoms with Gasteiger partial charge in [-0.25, -0.2) is 0 Å². The van der Waals surface area contributed by atoms with E-state index in [-0.39, 0.29) is 0 Å². The van der Waals surface area contributed by atoms with E-state index in [2.05, 4.69) is 43.0 Å². The molecule has 1 aliphatic carbocycles. The molecule has 0 unspecified atom stereocenters. The Kier molecular flexibility index (Phi) is 3.64. The lowest BCUT2D eigenvalue weighted by atomic mass is 9.86. The summed E-state index contributed by atoms with van der Waals surface area (Å²) in [5.41, 5.74) is 5.07. The molecule has 0 saturated heterocycles. The van der Waals surface area contributed by atoms with Gasteiger partial charge in [-0.15, -0.1) is 0 Å². The molecule has 0 amide bonds. The van der Waals surface area contributed by atoms with Crippen LogP contribution >= 0.6 is 0 Å².